The third-order valence-electron chi connectivity index (χ3n) is 5.37. The average molecular weight is 488 g/mol. The molecule has 0 aromatic heterocycles. The summed E-state index contributed by atoms with van der Waals surface area (Å²) in [6, 6.07) is 16.0. The van der Waals surface area contributed by atoms with Gasteiger partial charge in [-0.25, -0.2) is 8.42 Å². The fraction of sp³-hybridized carbons (Fsp3) is 0.462. The number of amides is 2. The Balaban J connectivity index is 2.36. The van der Waals surface area contributed by atoms with Gasteiger partial charge >= 0.3 is 0 Å². The van der Waals surface area contributed by atoms with E-state index in [1.54, 1.807) is 24.3 Å². The van der Waals surface area contributed by atoms with E-state index in [4.69, 9.17) is 0 Å². The zero-order valence-electron chi connectivity index (χ0n) is 21.0. The molecule has 34 heavy (non-hydrogen) atoms. The molecular formula is C26H37N3O4S. The first-order chi connectivity index (χ1) is 15.8. The third-order valence-corrected chi connectivity index (χ3v) is 6.51. The Morgan fingerprint density at radius 2 is 1.59 bits per heavy atom. The van der Waals surface area contributed by atoms with Crippen LogP contribution in [0, 0.1) is 6.92 Å². The second-order valence-corrected chi connectivity index (χ2v) is 11.5. The zero-order chi connectivity index (χ0) is 25.5. The number of hydrogen-bond donors (Lipinski definition) is 1. The fourth-order valence-electron chi connectivity index (χ4n) is 3.67. The van der Waals surface area contributed by atoms with Crippen molar-refractivity contribution in [3.8, 4) is 0 Å². The first-order valence-corrected chi connectivity index (χ1v) is 13.4. The lowest BCUT2D eigenvalue weighted by Gasteiger charge is -2.34. The molecule has 0 saturated heterocycles. The number of anilines is 1. The number of benzene rings is 2. The smallest absolute Gasteiger partial charge is 0.244 e. The van der Waals surface area contributed by atoms with Crippen molar-refractivity contribution in [1.82, 2.24) is 10.2 Å². The Bertz CT molecular complexity index is 1060. The second kappa shape index (κ2) is 11.5. The maximum atomic E-state index is 13.6. The minimum Gasteiger partial charge on any atom is -0.350 e. The Morgan fingerprint density at radius 1 is 1.00 bits per heavy atom. The third kappa shape index (κ3) is 8.17. The van der Waals surface area contributed by atoms with Crippen LogP contribution >= 0.6 is 0 Å². The minimum atomic E-state index is -3.72. The topological polar surface area (TPSA) is 86.8 Å². The summed E-state index contributed by atoms with van der Waals surface area (Å²) in [6.45, 7) is 9.33. The molecule has 0 spiro atoms. The first-order valence-electron chi connectivity index (χ1n) is 11.5. The quantitative estimate of drug-likeness (QED) is 0.556. The lowest BCUT2D eigenvalue weighted by molar-refractivity contribution is -0.140. The molecule has 0 aliphatic carbocycles. The van der Waals surface area contributed by atoms with Crippen molar-refractivity contribution in [2.24, 2.45) is 0 Å². The van der Waals surface area contributed by atoms with Gasteiger partial charge in [-0.05, 0) is 58.2 Å². The molecule has 2 rings (SSSR count). The van der Waals surface area contributed by atoms with Gasteiger partial charge in [0.2, 0.25) is 21.8 Å². The molecule has 0 aliphatic heterocycles. The van der Waals surface area contributed by atoms with Gasteiger partial charge in [0.15, 0.2) is 0 Å². The highest BCUT2D eigenvalue weighted by molar-refractivity contribution is 7.92. The molecule has 0 aliphatic rings. The van der Waals surface area contributed by atoms with Crippen molar-refractivity contribution < 1.29 is 18.0 Å². The average Bonchev–Trinajstić information content (AvgIpc) is 2.74. The molecule has 0 bridgehead atoms. The molecular weight excluding hydrogens is 450 g/mol. The summed E-state index contributed by atoms with van der Waals surface area (Å²) in [4.78, 5) is 28.2. The molecule has 1 atom stereocenters. The van der Waals surface area contributed by atoms with Crippen molar-refractivity contribution in [3.05, 3.63) is 65.7 Å². The van der Waals surface area contributed by atoms with Crippen molar-refractivity contribution in [1.29, 1.82) is 0 Å². The normalized spacial score (nSPS) is 12.6. The Hall–Kier alpha value is -2.87. The number of rotatable bonds is 10. The number of sulfonamides is 1. The molecule has 0 unspecified atom stereocenters. The van der Waals surface area contributed by atoms with E-state index in [2.05, 4.69) is 5.32 Å². The SMILES string of the molecule is CC[C@H](C(=O)NC(C)(C)C)N(CCc1ccccc1)C(=O)CN(c1ccc(C)cc1)S(C)(=O)=O. The molecule has 186 valence electrons. The van der Waals surface area contributed by atoms with E-state index in [9.17, 15) is 18.0 Å². The van der Waals surface area contributed by atoms with Gasteiger partial charge in [0.05, 0.1) is 11.9 Å². The summed E-state index contributed by atoms with van der Waals surface area (Å²) in [5.41, 5.74) is 1.97. The molecule has 1 N–H and O–H groups in total. The van der Waals surface area contributed by atoms with Crippen LogP contribution in [0.25, 0.3) is 0 Å². The van der Waals surface area contributed by atoms with E-state index in [0.29, 0.717) is 25.1 Å². The highest BCUT2D eigenvalue weighted by Gasteiger charge is 2.32. The van der Waals surface area contributed by atoms with Crippen molar-refractivity contribution in [3.63, 3.8) is 0 Å². The van der Waals surface area contributed by atoms with Crippen LogP contribution in [0.1, 0.15) is 45.2 Å². The minimum absolute atomic E-state index is 0.252. The molecule has 8 heteroatoms. The highest BCUT2D eigenvalue weighted by atomic mass is 32.2. The van der Waals surface area contributed by atoms with Crippen molar-refractivity contribution in [2.75, 3.05) is 23.7 Å². The second-order valence-electron chi connectivity index (χ2n) is 9.59. The van der Waals surface area contributed by atoms with Crippen LogP contribution in [-0.4, -0.2) is 56.1 Å². The van der Waals surface area contributed by atoms with E-state index in [1.165, 1.54) is 4.90 Å². The zero-order valence-corrected chi connectivity index (χ0v) is 21.9. The number of carbonyl (C=O) groups excluding carboxylic acids is 2. The Morgan fingerprint density at radius 3 is 2.09 bits per heavy atom. The lowest BCUT2D eigenvalue weighted by atomic mass is 10.1. The summed E-state index contributed by atoms with van der Waals surface area (Å²) in [6.07, 6.45) is 2.04. The van der Waals surface area contributed by atoms with Crippen LogP contribution in [-0.2, 0) is 26.0 Å². The largest absolute Gasteiger partial charge is 0.350 e. The van der Waals surface area contributed by atoms with E-state index in [0.717, 1.165) is 21.7 Å². The van der Waals surface area contributed by atoms with Crippen LogP contribution in [0.15, 0.2) is 54.6 Å². The first kappa shape index (κ1) is 27.4. The van der Waals surface area contributed by atoms with Gasteiger partial charge < -0.3 is 10.2 Å². The van der Waals surface area contributed by atoms with Gasteiger partial charge in [-0.3, -0.25) is 13.9 Å². The standard InChI is InChI=1S/C26H37N3O4S/c1-7-23(25(31)27-26(3,4)5)28(18-17-21-11-9-8-10-12-21)24(30)19-29(34(6,32)33)22-15-13-20(2)14-16-22/h8-16,23H,7,17-19H2,1-6H3,(H,27,31)/t23-/m1/s1. The molecule has 0 radical (unpaired) electrons. The number of nitrogens with zero attached hydrogens (tertiary/aromatic N) is 2. The Kier molecular flexibility index (Phi) is 9.27. The van der Waals surface area contributed by atoms with E-state index >= 15 is 0 Å². The van der Waals surface area contributed by atoms with Gasteiger partial charge in [-0.15, -0.1) is 0 Å². The molecule has 2 amide bonds. The van der Waals surface area contributed by atoms with E-state index in [-0.39, 0.29) is 12.5 Å². The van der Waals surface area contributed by atoms with Gasteiger partial charge in [0.1, 0.15) is 12.6 Å². The molecule has 0 heterocycles. The van der Waals surface area contributed by atoms with Gasteiger partial charge in [0.25, 0.3) is 0 Å². The highest BCUT2D eigenvalue weighted by Crippen LogP contribution is 2.20. The number of carbonyl (C=O) groups is 2. The molecule has 2 aromatic rings. The van der Waals surface area contributed by atoms with Crippen molar-refractivity contribution in [2.45, 2.75) is 59.0 Å². The lowest BCUT2D eigenvalue weighted by Crippen LogP contribution is -2.56. The van der Waals surface area contributed by atoms with Crippen molar-refractivity contribution >= 4 is 27.5 Å². The Labute approximate surface area is 204 Å². The molecule has 2 aromatic carbocycles. The van der Waals surface area contributed by atoms with E-state index in [1.807, 2.05) is 65.0 Å². The number of hydrogen-bond acceptors (Lipinski definition) is 4. The maximum absolute atomic E-state index is 13.6. The summed E-state index contributed by atoms with van der Waals surface area (Å²) in [7, 11) is -3.72. The van der Waals surface area contributed by atoms with Crippen LogP contribution in [0.4, 0.5) is 5.69 Å². The molecule has 0 fully saturated rings. The van der Waals surface area contributed by atoms with E-state index < -0.39 is 27.5 Å². The predicted octanol–water partition coefficient (Wildman–Crippen LogP) is 3.53. The molecule has 0 saturated carbocycles. The van der Waals surface area contributed by atoms with Gasteiger partial charge in [-0.2, -0.15) is 0 Å². The summed E-state index contributed by atoms with van der Waals surface area (Å²) >= 11 is 0. The summed E-state index contributed by atoms with van der Waals surface area (Å²) < 4.78 is 26.3. The summed E-state index contributed by atoms with van der Waals surface area (Å²) in [5, 5.41) is 2.96. The number of aryl methyl sites for hydroxylation is 1. The fourth-order valence-corrected chi connectivity index (χ4v) is 4.52. The predicted molar refractivity (Wildman–Crippen MR) is 137 cm³/mol. The van der Waals surface area contributed by atoms with Crippen LogP contribution < -0.4 is 9.62 Å². The van der Waals surface area contributed by atoms with Crippen LogP contribution in [0.5, 0.6) is 0 Å². The molecule has 7 nitrogen and oxygen atoms in total. The van der Waals surface area contributed by atoms with Gasteiger partial charge in [-0.1, -0.05) is 55.0 Å². The van der Waals surface area contributed by atoms with Gasteiger partial charge in [0, 0.05) is 12.1 Å². The maximum Gasteiger partial charge on any atom is 0.244 e. The number of nitrogens with one attached hydrogen (secondary N) is 1. The monoisotopic (exact) mass is 487 g/mol. The van der Waals surface area contributed by atoms with Crippen LogP contribution in [0.3, 0.4) is 0 Å². The van der Waals surface area contributed by atoms with Crippen LogP contribution in [0.2, 0.25) is 0 Å². The summed E-state index contributed by atoms with van der Waals surface area (Å²) in [5.74, 6) is -0.671.